The molecule has 0 aliphatic carbocycles. The minimum Gasteiger partial charge on any atom is -0.479 e. The number of carbonyl (C=O) groups is 1. The second-order valence-electron chi connectivity index (χ2n) is 1.85. The molecule has 4 heteroatoms. The zero-order chi connectivity index (χ0) is 8.85. The quantitative estimate of drug-likeness (QED) is 0.492. The Kier molecular flexibility index (Phi) is 5.15. The number of carbonyl (C=O) groups excluding carboxylic acids is 1. The molecule has 0 amide bonds. The summed E-state index contributed by atoms with van der Waals surface area (Å²) in [6.07, 6.45) is 0. The lowest BCUT2D eigenvalue weighted by Crippen LogP contribution is -2.01. The molecule has 2 nitrogen and oxygen atoms in total. The third-order valence-corrected chi connectivity index (χ3v) is 1.97. The minimum atomic E-state index is -0.136. The Bertz CT molecular complexity index is 187. The molecule has 62 valence electrons. The fourth-order valence-electron chi connectivity index (χ4n) is 0.310. The van der Waals surface area contributed by atoms with E-state index in [1.165, 1.54) is 0 Å². The van der Waals surface area contributed by atoms with Gasteiger partial charge in [0.25, 0.3) is 0 Å². The van der Waals surface area contributed by atoms with E-state index in [0.29, 0.717) is 12.2 Å². The van der Waals surface area contributed by atoms with Crippen LogP contribution in [0.2, 0.25) is 0 Å². The molecule has 0 bridgehead atoms. The van der Waals surface area contributed by atoms with Gasteiger partial charge in [0.2, 0.25) is 9.50 Å². The maximum Gasteiger partial charge on any atom is 0.228 e. The highest BCUT2D eigenvalue weighted by Gasteiger charge is 2.07. The van der Waals surface area contributed by atoms with Crippen molar-refractivity contribution >= 4 is 33.5 Å². The molecule has 0 fully saturated rings. The smallest absolute Gasteiger partial charge is 0.228 e. The van der Waals surface area contributed by atoms with E-state index in [1.54, 1.807) is 6.92 Å². The number of rotatable bonds is 2. The summed E-state index contributed by atoms with van der Waals surface area (Å²) in [4.78, 5) is 10.9. The lowest BCUT2D eigenvalue weighted by atomic mass is 10.4. The Morgan fingerprint density at radius 3 is 2.64 bits per heavy atom. The van der Waals surface area contributed by atoms with Gasteiger partial charge in [0, 0.05) is 11.8 Å². The molecule has 0 rings (SSSR count). The standard InChI is InChI=1S/C7H10O2S2/c1-4-9-7(10)11-6(8)5(2)3/h2,4H2,1,3H3. The first-order valence-electron chi connectivity index (χ1n) is 3.12. The van der Waals surface area contributed by atoms with Gasteiger partial charge in [0.1, 0.15) is 0 Å². The van der Waals surface area contributed by atoms with Crippen LogP contribution in [-0.2, 0) is 9.53 Å². The SMILES string of the molecule is C=C(C)C(=O)SC(=S)OCC. The lowest BCUT2D eigenvalue weighted by Gasteiger charge is -2.01. The number of ether oxygens (including phenoxy) is 1. The van der Waals surface area contributed by atoms with Gasteiger partial charge in [-0.25, -0.2) is 0 Å². The minimum absolute atomic E-state index is 0.136. The van der Waals surface area contributed by atoms with E-state index >= 15 is 0 Å². The van der Waals surface area contributed by atoms with Crippen LogP contribution < -0.4 is 0 Å². The molecule has 0 spiro atoms. The van der Waals surface area contributed by atoms with Crippen molar-refractivity contribution in [1.82, 2.24) is 0 Å². The first kappa shape index (κ1) is 10.7. The van der Waals surface area contributed by atoms with Crippen LogP contribution in [0.15, 0.2) is 12.2 Å². The van der Waals surface area contributed by atoms with E-state index in [-0.39, 0.29) is 9.50 Å². The van der Waals surface area contributed by atoms with Crippen molar-refractivity contribution < 1.29 is 9.53 Å². The van der Waals surface area contributed by atoms with Crippen LogP contribution in [0.25, 0.3) is 0 Å². The Morgan fingerprint density at radius 1 is 1.73 bits per heavy atom. The van der Waals surface area contributed by atoms with Gasteiger partial charge in [-0.3, -0.25) is 4.79 Å². The van der Waals surface area contributed by atoms with Crippen molar-refractivity contribution in [3.05, 3.63) is 12.2 Å². The van der Waals surface area contributed by atoms with Gasteiger partial charge in [0.15, 0.2) is 0 Å². The summed E-state index contributed by atoms with van der Waals surface area (Å²) in [5.41, 5.74) is 0.483. The fourth-order valence-corrected chi connectivity index (χ4v) is 1.16. The van der Waals surface area contributed by atoms with Gasteiger partial charge < -0.3 is 4.74 Å². The van der Waals surface area contributed by atoms with E-state index in [0.717, 1.165) is 11.8 Å². The van der Waals surface area contributed by atoms with E-state index in [1.807, 2.05) is 6.92 Å². The normalized spacial score (nSPS) is 8.91. The summed E-state index contributed by atoms with van der Waals surface area (Å²) in [5.74, 6) is 0. The average molecular weight is 190 g/mol. The molecule has 0 aromatic carbocycles. The van der Waals surface area contributed by atoms with Gasteiger partial charge in [0.05, 0.1) is 6.61 Å². The van der Waals surface area contributed by atoms with Gasteiger partial charge >= 0.3 is 0 Å². The highest BCUT2D eigenvalue weighted by molar-refractivity contribution is 8.32. The molecule has 0 aromatic rings. The van der Waals surface area contributed by atoms with Gasteiger partial charge in [-0.15, -0.1) is 0 Å². The predicted octanol–water partition coefficient (Wildman–Crippen LogP) is 2.14. The van der Waals surface area contributed by atoms with E-state index in [4.69, 9.17) is 17.0 Å². The molecular formula is C7H10O2S2. The maximum absolute atomic E-state index is 10.9. The van der Waals surface area contributed by atoms with E-state index in [9.17, 15) is 4.79 Å². The molecule has 0 atom stereocenters. The van der Waals surface area contributed by atoms with Crippen molar-refractivity contribution in [3.63, 3.8) is 0 Å². The van der Waals surface area contributed by atoms with Gasteiger partial charge in [-0.1, -0.05) is 6.58 Å². The van der Waals surface area contributed by atoms with E-state index in [2.05, 4.69) is 6.58 Å². The summed E-state index contributed by atoms with van der Waals surface area (Å²) in [6, 6.07) is 0. The first-order valence-corrected chi connectivity index (χ1v) is 4.34. The molecule has 0 heterocycles. The monoisotopic (exact) mass is 190 g/mol. The summed E-state index contributed by atoms with van der Waals surface area (Å²) in [5, 5.41) is -0.136. The van der Waals surface area contributed by atoms with Crippen molar-refractivity contribution in [2.24, 2.45) is 0 Å². The molecule has 0 radical (unpaired) electrons. The summed E-state index contributed by atoms with van der Waals surface area (Å²) in [6.45, 7) is 7.44. The van der Waals surface area contributed by atoms with Crippen LogP contribution in [0.4, 0.5) is 0 Å². The number of hydrogen-bond donors (Lipinski definition) is 0. The molecule has 0 saturated carbocycles. The topological polar surface area (TPSA) is 26.3 Å². The molecule has 11 heavy (non-hydrogen) atoms. The average Bonchev–Trinajstić information content (AvgIpc) is 1.87. The molecule has 0 N–H and O–H groups in total. The maximum atomic E-state index is 10.9. The zero-order valence-electron chi connectivity index (χ0n) is 6.55. The second-order valence-corrected chi connectivity index (χ2v) is 3.43. The van der Waals surface area contributed by atoms with Crippen LogP contribution in [0.1, 0.15) is 13.8 Å². The zero-order valence-corrected chi connectivity index (χ0v) is 8.18. The van der Waals surface area contributed by atoms with Crippen LogP contribution in [-0.4, -0.2) is 16.1 Å². The molecule has 0 unspecified atom stereocenters. The third-order valence-electron chi connectivity index (χ3n) is 0.787. The third kappa shape index (κ3) is 4.98. The lowest BCUT2D eigenvalue weighted by molar-refractivity contribution is -0.107. The molecule has 0 aromatic heterocycles. The molecular weight excluding hydrogens is 180 g/mol. The number of hydrogen-bond acceptors (Lipinski definition) is 4. The first-order chi connectivity index (χ1) is 5.07. The highest BCUT2D eigenvalue weighted by Crippen LogP contribution is 2.11. The van der Waals surface area contributed by atoms with Crippen molar-refractivity contribution in [2.45, 2.75) is 13.8 Å². The molecule has 0 aliphatic heterocycles. The van der Waals surface area contributed by atoms with Crippen LogP contribution in [0, 0.1) is 0 Å². The van der Waals surface area contributed by atoms with Crippen LogP contribution in [0.5, 0.6) is 0 Å². The molecule has 0 aliphatic rings. The second kappa shape index (κ2) is 5.32. The number of thiocarbonyl (C=S) groups is 1. The van der Waals surface area contributed by atoms with E-state index < -0.39 is 0 Å². The Labute approximate surface area is 76.0 Å². The highest BCUT2D eigenvalue weighted by atomic mass is 32.2. The Hall–Kier alpha value is -0.350. The van der Waals surface area contributed by atoms with Gasteiger partial charge in [-0.2, -0.15) is 0 Å². The van der Waals surface area contributed by atoms with Gasteiger partial charge in [-0.05, 0) is 31.6 Å². The summed E-state index contributed by atoms with van der Waals surface area (Å²) < 4.78 is 5.16. The number of thioether (sulfide) groups is 1. The summed E-state index contributed by atoms with van der Waals surface area (Å²) in [7, 11) is 0. The summed E-state index contributed by atoms with van der Waals surface area (Å²) >= 11 is 5.63. The Morgan fingerprint density at radius 2 is 2.27 bits per heavy atom. The van der Waals surface area contributed by atoms with Crippen molar-refractivity contribution in [3.8, 4) is 0 Å². The van der Waals surface area contributed by atoms with Crippen LogP contribution in [0.3, 0.4) is 0 Å². The Balaban J connectivity index is 3.76. The predicted molar refractivity (Wildman–Crippen MR) is 51.6 cm³/mol. The molecule has 0 saturated heterocycles. The van der Waals surface area contributed by atoms with Crippen molar-refractivity contribution in [1.29, 1.82) is 0 Å². The van der Waals surface area contributed by atoms with Crippen LogP contribution >= 0.6 is 24.0 Å². The van der Waals surface area contributed by atoms with Crippen molar-refractivity contribution in [2.75, 3.05) is 6.61 Å². The fraction of sp³-hybridized carbons (Fsp3) is 0.429. The largest absolute Gasteiger partial charge is 0.479 e.